The Morgan fingerprint density at radius 3 is 2.45 bits per heavy atom. The van der Waals surface area contributed by atoms with Crippen molar-refractivity contribution in [1.82, 2.24) is 10.2 Å². The largest absolute Gasteiger partial charge is 0.340 e. The van der Waals surface area contributed by atoms with Gasteiger partial charge in [-0.1, -0.05) is 32.6 Å². The number of hydrogen-bond donors (Lipinski definition) is 1. The molecule has 1 N–H and O–H groups in total. The summed E-state index contributed by atoms with van der Waals surface area (Å²) in [5.41, 5.74) is 0. The Hall–Kier alpha value is -0.570. The van der Waals surface area contributed by atoms with E-state index in [1.54, 1.807) is 0 Å². The zero-order valence-electron chi connectivity index (χ0n) is 13.2. The summed E-state index contributed by atoms with van der Waals surface area (Å²) in [6.45, 7) is 4.07. The van der Waals surface area contributed by atoms with Crippen LogP contribution in [0.2, 0.25) is 0 Å². The number of rotatable bonds is 5. The first-order chi connectivity index (χ1) is 9.81. The average Bonchev–Trinajstić information content (AvgIpc) is 2.76. The minimum absolute atomic E-state index is 0.373. The summed E-state index contributed by atoms with van der Waals surface area (Å²) in [5.74, 6) is 0.373. The minimum atomic E-state index is 0.373. The number of nitrogens with one attached hydrogen (secondary N) is 1. The smallest absolute Gasteiger partial charge is 0.224 e. The van der Waals surface area contributed by atoms with Crippen molar-refractivity contribution in [2.75, 3.05) is 13.1 Å². The normalized spacial score (nSPS) is 25.4. The van der Waals surface area contributed by atoms with Gasteiger partial charge in [-0.25, -0.2) is 0 Å². The van der Waals surface area contributed by atoms with Crippen LogP contribution in [0.4, 0.5) is 0 Å². The van der Waals surface area contributed by atoms with E-state index in [0.29, 0.717) is 24.4 Å². The molecule has 0 aromatic heterocycles. The fourth-order valence-corrected chi connectivity index (χ4v) is 3.76. The Labute approximate surface area is 124 Å². The molecule has 2 rings (SSSR count). The molecule has 1 aliphatic heterocycles. The maximum Gasteiger partial charge on any atom is 0.224 e. The highest BCUT2D eigenvalue weighted by molar-refractivity contribution is 5.76. The highest BCUT2D eigenvalue weighted by atomic mass is 16.2. The topological polar surface area (TPSA) is 32.3 Å². The molecule has 0 bridgehead atoms. The van der Waals surface area contributed by atoms with Crippen molar-refractivity contribution < 1.29 is 4.79 Å². The molecule has 0 aromatic carbocycles. The van der Waals surface area contributed by atoms with Crippen molar-refractivity contribution in [3.05, 3.63) is 0 Å². The van der Waals surface area contributed by atoms with E-state index in [4.69, 9.17) is 0 Å². The second kappa shape index (κ2) is 8.66. The van der Waals surface area contributed by atoms with E-state index in [1.165, 1.54) is 57.8 Å². The molecule has 116 valence electrons. The SMILES string of the molecule is CCC1CCCCN1C(=O)CCNC1CCCCCC1. The Balaban J connectivity index is 1.68. The standard InChI is InChI=1S/C17H32N2O/c1-2-16-11-7-8-14-19(16)17(20)12-13-18-15-9-5-3-4-6-10-15/h15-16,18H,2-14H2,1H3. The van der Waals surface area contributed by atoms with Crippen LogP contribution in [0, 0.1) is 0 Å². The molecule has 3 heteroatoms. The van der Waals surface area contributed by atoms with E-state index in [1.807, 2.05) is 0 Å². The van der Waals surface area contributed by atoms with Crippen molar-refractivity contribution in [3.63, 3.8) is 0 Å². The van der Waals surface area contributed by atoms with Crippen molar-refractivity contribution in [2.24, 2.45) is 0 Å². The van der Waals surface area contributed by atoms with Crippen LogP contribution in [0.25, 0.3) is 0 Å². The lowest BCUT2D eigenvalue weighted by Gasteiger charge is -2.35. The summed E-state index contributed by atoms with van der Waals surface area (Å²) in [4.78, 5) is 14.5. The summed E-state index contributed by atoms with van der Waals surface area (Å²) >= 11 is 0. The van der Waals surface area contributed by atoms with Gasteiger partial charge in [-0.05, 0) is 38.5 Å². The number of piperidine rings is 1. The van der Waals surface area contributed by atoms with Crippen molar-refractivity contribution >= 4 is 5.91 Å². The number of likely N-dealkylation sites (tertiary alicyclic amines) is 1. The lowest BCUT2D eigenvalue weighted by atomic mass is 9.99. The number of carbonyl (C=O) groups excluding carboxylic acids is 1. The monoisotopic (exact) mass is 280 g/mol. The van der Waals surface area contributed by atoms with Crippen molar-refractivity contribution in [3.8, 4) is 0 Å². The van der Waals surface area contributed by atoms with E-state index < -0.39 is 0 Å². The zero-order valence-corrected chi connectivity index (χ0v) is 13.2. The van der Waals surface area contributed by atoms with E-state index in [-0.39, 0.29) is 0 Å². The molecule has 20 heavy (non-hydrogen) atoms. The molecule has 2 aliphatic rings. The third-order valence-electron chi connectivity index (χ3n) is 5.05. The van der Waals surface area contributed by atoms with Gasteiger partial charge in [0.2, 0.25) is 5.91 Å². The third kappa shape index (κ3) is 4.76. The minimum Gasteiger partial charge on any atom is -0.340 e. The summed E-state index contributed by atoms with van der Waals surface area (Å²) in [7, 11) is 0. The van der Waals surface area contributed by atoms with Gasteiger partial charge in [0.15, 0.2) is 0 Å². The van der Waals surface area contributed by atoms with Crippen molar-refractivity contribution in [1.29, 1.82) is 0 Å². The molecule has 1 unspecified atom stereocenters. The first-order valence-corrected chi connectivity index (χ1v) is 8.84. The number of carbonyl (C=O) groups is 1. The van der Waals surface area contributed by atoms with Gasteiger partial charge in [-0.3, -0.25) is 4.79 Å². The third-order valence-corrected chi connectivity index (χ3v) is 5.05. The Bertz CT molecular complexity index is 285. The van der Waals surface area contributed by atoms with Crippen molar-refractivity contribution in [2.45, 2.75) is 89.6 Å². The van der Waals surface area contributed by atoms with Gasteiger partial charge in [0.1, 0.15) is 0 Å². The molecule has 1 aliphatic carbocycles. The molecule has 3 nitrogen and oxygen atoms in total. The molecule has 0 aromatic rings. The molecule has 1 heterocycles. The molecule has 1 atom stereocenters. The Kier molecular flexibility index (Phi) is 6.85. The highest BCUT2D eigenvalue weighted by Gasteiger charge is 2.24. The molecule has 1 saturated heterocycles. The van der Waals surface area contributed by atoms with E-state index in [2.05, 4.69) is 17.1 Å². The number of amides is 1. The van der Waals surface area contributed by atoms with Gasteiger partial charge in [0.25, 0.3) is 0 Å². The number of hydrogen-bond acceptors (Lipinski definition) is 2. The van der Waals surface area contributed by atoms with E-state index in [9.17, 15) is 4.79 Å². The lowest BCUT2D eigenvalue weighted by molar-refractivity contribution is -0.134. The molecule has 1 amide bonds. The molecule has 1 saturated carbocycles. The van der Waals surface area contributed by atoms with Crippen LogP contribution in [0.1, 0.15) is 77.6 Å². The van der Waals surface area contributed by atoms with Gasteiger partial charge in [0, 0.05) is 31.6 Å². The molecule has 0 spiro atoms. The maximum absolute atomic E-state index is 12.4. The average molecular weight is 280 g/mol. The molecule has 2 fully saturated rings. The zero-order chi connectivity index (χ0) is 14.2. The fraction of sp³-hybridized carbons (Fsp3) is 0.941. The fourth-order valence-electron chi connectivity index (χ4n) is 3.76. The summed E-state index contributed by atoms with van der Waals surface area (Å²) in [6, 6.07) is 1.17. The van der Waals surface area contributed by atoms with Gasteiger partial charge in [0.05, 0.1) is 0 Å². The van der Waals surface area contributed by atoms with Crippen LogP contribution >= 0.6 is 0 Å². The first kappa shape index (κ1) is 15.8. The lowest BCUT2D eigenvalue weighted by Crippen LogP contribution is -2.44. The van der Waals surface area contributed by atoms with E-state index >= 15 is 0 Å². The van der Waals surface area contributed by atoms with Crippen LogP contribution in [-0.4, -0.2) is 36.0 Å². The molecule has 0 radical (unpaired) electrons. The maximum atomic E-state index is 12.4. The summed E-state index contributed by atoms with van der Waals surface area (Å²) in [5, 5.41) is 3.62. The Morgan fingerprint density at radius 2 is 1.75 bits per heavy atom. The Morgan fingerprint density at radius 1 is 1.05 bits per heavy atom. The van der Waals surface area contributed by atoms with Crippen LogP contribution < -0.4 is 5.32 Å². The van der Waals surface area contributed by atoms with Crippen LogP contribution in [0.15, 0.2) is 0 Å². The quantitative estimate of drug-likeness (QED) is 0.782. The highest BCUT2D eigenvalue weighted by Crippen LogP contribution is 2.20. The van der Waals surface area contributed by atoms with Gasteiger partial charge < -0.3 is 10.2 Å². The second-order valence-electron chi connectivity index (χ2n) is 6.54. The van der Waals surface area contributed by atoms with Gasteiger partial charge in [-0.2, -0.15) is 0 Å². The van der Waals surface area contributed by atoms with E-state index in [0.717, 1.165) is 19.5 Å². The van der Waals surface area contributed by atoms with Gasteiger partial charge >= 0.3 is 0 Å². The predicted molar refractivity (Wildman–Crippen MR) is 83.8 cm³/mol. The first-order valence-electron chi connectivity index (χ1n) is 8.84. The van der Waals surface area contributed by atoms with Crippen LogP contribution in [-0.2, 0) is 4.79 Å². The second-order valence-corrected chi connectivity index (χ2v) is 6.54. The summed E-state index contributed by atoms with van der Waals surface area (Å²) in [6.07, 6.45) is 13.6. The predicted octanol–water partition coefficient (Wildman–Crippen LogP) is 3.48. The van der Waals surface area contributed by atoms with Crippen LogP contribution in [0.3, 0.4) is 0 Å². The summed E-state index contributed by atoms with van der Waals surface area (Å²) < 4.78 is 0. The van der Waals surface area contributed by atoms with Crippen LogP contribution in [0.5, 0.6) is 0 Å². The molecular weight excluding hydrogens is 248 g/mol. The van der Waals surface area contributed by atoms with Gasteiger partial charge in [-0.15, -0.1) is 0 Å². The molecular formula is C17H32N2O. The number of nitrogens with zero attached hydrogens (tertiary/aromatic N) is 1.